The molecule has 2 heterocycles. The molecule has 0 bridgehead atoms. The fourth-order valence-electron chi connectivity index (χ4n) is 4.34. The van der Waals surface area contributed by atoms with Crippen LogP contribution in [0.15, 0.2) is 30.6 Å². The van der Waals surface area contributed by atoms with E-state index in [1.54, 1.807) is 12.4 Å². The van der Waals surface area contributed by atoms with Gasteiger partial charge in [-0.25, -0.2) is 9.97 Å². The Hall–Kier alpha value is -2.87. The lowest BCUT2D eigenvalue weighted by Gasteiger charge is -2.37. The van der Waals surface area contributed by atoms with Crippen LogP contribution < -0.4 is 15.0 Å². The lowest BCUT2D eigenvalue weighted by molar-refractivity contribution is -0.137. The van der Waals surface area contributed by atoms with Crippen molar-refractivity contribution in [3.05, 3.63) is 36.2 Å². The van der Waals surface area contributed by atoms with E-state index in [2.05, 4.69) is 45.3 Å². The van der Waals surface area contributed by atoms with E-state index in [9.17, 15) is 9.90 Å². The highest BCUT2D eigenvalue weighted by atomic mass is 16.5. The maximum absolute atomic E-state index is 11.4. The van der Waals surface area contributed by atoms with E-state index in [4.69, 9.17) is 9.47 Å². The number of carboxylic acid groups (broad SMARTS) is 1. The van der Waals surface area contributed by atoms with Crippen LogP contribution in [0.25, 0.3) is 0 Å². The van der Waals surface area contributed by atoms with Crippen LogP contribution in [0, 0.1) is 0 Å². The molecule has 3 rings (SSSR count). The largest absolute Gasteiger partial charge is 0.481 e. The molecule has 0 aliphatic carbocycles. The first-order valence-corrected chi connectivity index (χ1v) is 12.0. The van der Waals surface area contributed by atoms with Crippen LogP contribution in [0.1, 0.15) is 64.4 Å². The maximum atomic E-state index is 11.4. The number of anilines is 3. The number of benzene rings is 1. The zero-order valence-electron chi connectivity index (χ0n) is 19.9. The highest BCUT2D eigenvalue weighted by Gasteiger charge is 2.24. The Balaban J connectivity index is 1.98. The number of nitrogens with zero attached hydrogens (tertiary/aromatic N) is 3. The van der Waals surface area contributed by atoms with Crippen molar-refractivity contribution in [3.63, 3.8) is 0 Å². The molecule has 2 N–H and O–H groups in total. The predicted molar refractivity (Wildman–Crippen MR) is 130 cm³/mol. The third-order valence-corrected chi connectivity index (χ3v) is 5.99. The summed E-state index contributed by atoms with van der Waals surface area (Å²) in [5.41, 5.74) is 3.81. The molecule has 0 spiro atoms. The van der Waals surface area contributed by atoms with Crippen LogP contribution in [0.4, 0.5) is 17.1 Å². The second-order valence-corrected chi connectivity index (χ2v) is 8.33. The van der Waals surface area contributed by atoms with E-state index in [0.29, 0.717) is 18.7 Å². The fourth-order valence-corrected chi connectivity index (χ4v) is 4.34. The first-order chi connectivity index (χ1) is 16.0. The number of aliphatic carboxylic acids is 1. The number of ether oxygens (including phenoxy) is 2. The molecule has 0 unspecified atom stereocenters. The summed E-state index contributed by atoms with van der Waals surface area (Å²) >= 11 is 0. The monoisotopic (exact) mass is 456 g/mol. The third kappa shape index (κ3) is 6.81. The van der Waals surface area contributed by atoms with Gasteiger partial charge in [-0.1, -0.05) is 19.9 Å². The number of rotatable bonds is 12. The first kappa shape index (κ1) is 24.8. The molecule has 2 aromatic rings. The average Bonchev–Trinajstić information content (AvgIpc) is 2.83. The maximum Gasteiger partial charge on any atom is 0.316 e. The standard InChI is InChI=1S/C25H36N4O4/c1-4-11-29(21-9-12-32-13-10-21)23-8-7-19(18(5-2)15-24(30)31)14-22(23)28-20-16-26-25(27-17-20)33-6-3/h7-8,14,16-18,21,28H,4-6,9-13,15H2,1-3H3,(H,30,31)/t18-/m0/s1. The fraction of sp³-hybridized carbons (Fsp3) is 0.560. The summed E-state index contributed by atoms with van der Waals surface area (Å²) in [6.07, 6.45) is 7.30. The van der Waals surface area contributed by atoms with Gasteiger partial charge in [0.2, 0.25) is 0 Å². The molecule has 180 valence electrons. The summed E-state index contributed by atoms with van der Waals surface area (Å²) < 4.78 is 11.0. The van der Waals surface area contributed by atoms with Crippen molar-refractivity contribution in [1.29, 1.82) is 0 Å². The molecule has 1 aromatic carbocycles. The molecule has 1 atom stereocenters. The van der Waals surface area contributed by atoms with E-state index in [1.807, 2.05) is 13.8 Å². The van der Waals surface area contributed by atoms with Crippen LogP contribution in [-0.2, 0) is 9.53 Å². The van der Waals surface area contributed by atoms with Crippen molar-refractivity contribution in [2.75, 3.05) is 36.6 Å². The second kappa shape index (κ2) is 12.4. The molecule has 1 aromatic heterocycles. The Labute approximate surface area is 196 Å². The normalized spacial score (nSPS) is 15.1. The van der Waals surface area contributed by atoms with Gasteiger partial charge >= 0.3 is 12.0 Å². The topological polar surface area (TPSA) is 96.8 Å². The highest BCUT2D eigenvalue weighted by Crippen LogP contribution is 2.36. The van der Waals surface area contributed by atoms with Crippen LogP contribution in [0.2, 0.25) is 0 Å². The minimum Gasteiger partial charge on any atom is -0.481 e. The Kier molecular flexibility index (Phi) is 9.30. The zero-order chi connectivity index (χ0) is 23.6. The van der Waals surface area contributed by atoms with Gasteiger partial charge in [-0.05, 0) is 56.2 Å². The number of nitrogens with one attached hydrogen (secondary N) is 1. The Morgan fingerprint density at radius 2 is 1.97 bits per heavy atom. The zero-order valence-corrected chi connectivity index (χ0v) is 19.9. The Morgan fingerprint density at radius 3 is 2.58 bits per heavy atom. The van der Waals surface area contributed by atoms with Gasteiger partial charge < -0.3 is 24.8 Å². The Bertz CT molecular complexity index is 884. The van der Waals surface area contributed by atoms with Gasteiger partial charge in [0.05, 0.1) is 42.5 Å². The van der Waals surface area contributed by atoms with Gasteiger partial charge in [0, 0.05) is 25.8 Å². The van der Waals surface area contributed by atoms with Crippen molar-refractivity contribution in [3.8, 4) is 6.01 Å². The molecule has 1 saturated heterocycles. The van der Waals surface area contributed by atoms with Crippen molar-refractivity contribution in [1.82, 2.24) is 9.97 Å². The third-order valence-electron chi connectivity index (χ3n) is 5.99. The SMILES string of the molecule is CCCN(c1ccc([C@@H](CC)CC(=O)O)cc1Nc1cnc(OCC)nc1)C1CCOCC1. The molecule has 1 aliphatic heterocycles. The minimum atomic E-state index is -0.782. The quantitative estimate of drug-likeness (QED) is 0.461. The van der Waals surface area contributed by atoms with Gasteiger partial charge in [-0.3, -0.25) is 4.79 Å². The molecule has 8 nitrogen and oxygen atoms in total. The highest BCUT2D eigenvalue weighted by molar-refractivity contribution is 5.77. The van der Waals surface area contributed by atoms with Gasteiger partial charge in [-0.2, -0.15) is 0 Å². The number of carboxylic acids is 1. The molecular weight excluding hydrogens is 420 g/mol. The van der Waals surface area contributed by atoms with E-state index in [-0.39, 0.29) is 12.3 Å². The van der Waals surface area contributed by atoms with Crippen molar-refractivity contribution in [2.45, 2.75) is 64.8 Å². The van der Waals surface area contributed by atoms with Crippen molar-refractivity contribution >= 4 is 23.0 Å². The lowest BCUT2D eigenvalue weighted by atomic mass is 9.92. The summed E-state index contributed by atoms with van der Waals surface area (Å²) in [7, 11) is 0. The summed E-state index contributed by atoms with van der Waals surface area (Å²) in [5.74, 6) is -0.827. The van der Waals surface area contributed by atoms with Crippen LogP contribution in [0.3, 0.4) is 0 Å². The van der Waals surface area contributed by atoms with Crippen LogP contribution in [-0.4, -0.2) is 53.5 Å². The number of aromatic nitrogens is 2. The molecule has 1 fully saturated rings. The molecule has 33 heavy (non-hydrogen) atoms. The average molecular weight is 457 g/mol. The van der Waals surface area contributed by atoms with Gasteiger partial charge in [0.15, 0.2) is 0 Å². The molecule has 0 amide bonds. The second-order valence-electron chi connectivity index (χ2n) is 8.33. The van der Waals surface area contributed by atoms with E-state index < -0.39 is 5.97 Å². The van der Waals surface area contributed by atoms with Gasteiger partial charge in [0.25, 0.3) is 0 Å². The van der Waals surface area contributed by atoms with E-state index in [0.717, 1.165) is 68.1 Å². The number of carbonyl (C=O) groups is 1. The van der Waals surface area contributed by atoms with Gasteiger partial charge in [0.1, 0.15) is 0 Å². The van der Waals surface area contributed by atoms with Crippen LogP contribution in [0.5, 0.6) is 6.01 Å². The van der Waals surface area contributed by atoms with E-state index in [1.165, 1.54) is 0 Å². The van der Waals surface area contributed by atoms with Crippen molar-refractivity contribution < 1.29 is 19.4 Å². The van der Waals surface area contributed by atoms with Crippen LogP contribution >= 0.6 is 0 Å². The number of hydrogen-bond donors (Lipinski definition) is 2. The minimum absolute atomic E-state index is 0.0450. The summed E-state index contributed by atoms with van der Waals surface area (Å²) in [6.45, 7) is 9.11. The summed E-state index contributed by atoms with van der Waals surface area (Å²) in [5, 5.41) is 12.9. The molecule has 0 saturated carbocycles. The molecule has 8 heteroatoms. The molecule has 0 radical (unpaired) electrons. The van der Waals surface area contributed by atoms with Gasteiger partial charge in [-0.15, -0.1) is 0 Å². The van der Waals surface area contributed by atoms with Crippen molar-refractivity contribution in [2.24, 2.45) is 0 Å². The summed E-state index contributed by atoms with van der Waals surface area (Å²) in [6, 6.07) is 7.05. The molecular formula is C25H36N4O4. The van der Waals surface area contributed by atoms with E-state index >= 15 is 0 Å². The summed E-state index contributed by atoms with van der Waals surface area (Å²) in [4.78, 5) is 22.4. The Morgan fingerprint density at radius 1 is 1.24 bits per heavy atom. The molecule has 1 aliphatic rings. The predicted octanol–water partition coefficient (Wildman–Crippen LogP) is 4.98. The smallest absolute Gasteiger partial charge is 0.316 e. The first-order valence-electron chi connectivity index (χ1n) is 12.0. The number of hydrogen-bond acceptors (Lipinski definition) is 7. The lowest BCUT2D eigenvalue weighted by Crippen LogP contribution is -2.40.